The van der Waals surface area contributed by atoms with Crippen LogP contribution >= 0.6 is 0 Å². The molecule has 0 amide bonds. The van der Waals surface area contributed by atoms with E-state index in [4.69, 9.17) is 15.1 Å². The average Bonchev–Trinajstić information content (AvgIpc) is 2.85. The van der Waals surface area contributed by atoms with Gasteiger partial charge in [-0.2, -0.15) is 5.26 Å². The fraction of sp³-hybridized carbons (Fsp3) is 0.167. The summed E-state index contributed by atoms with van der Waals surface area (Å²) in [5, 5.41) is 25.2. The van der Waals surface area contributed by atoms with Crippen molar-refractivity contribution in [2.75, 3.05) is 7.11 Å². The van der Waals surface area contributed by atoms with Crippen LogP contribution in [-0.4, -0.2) is 33.2 Å². The van der Waals surface area contributed by atoms with Gasteiger partial charge in [-0.25, -0.2) is 4.68 Å². The van der Waals surface area contributed by atoms with Crippen LogP contribution in [0.5, 0.6) is 5.75 Å². The molecule has 1 aromatic heterocycles. The van der Waals surface area contributed by atoms with Crippen molar-refractivity contribution in [1.82, 2.24) is 15.0 Å². The van der Waals surface area contributed by atoms with E-state index in [1.54, 1.807) is 18.2 Å². The number of methoxy groups -OCH3 is 1. The lowest BCUT2D eigenvalue weighted by Crippen LogP contribution is -2.09. The second-order valence-corrected chi connectivity index (χ2v) is 3.71. The quantitative estimate of drug-likeness (QED) is 0.869. The number of carboxylic acid groups (broad SMARTS) is 1. The van der Waals surface area contributed by atoms with Gasteiger partial charge in [0.15, 0.2) is 0 Å². The maximum Gasteiger partial charge on any atom is 0.309 e. The minimum Gasteiger partial charge on any atom is -0.494 e. The molecule has 0 bridgehead atoms. The first-order valence-corrected chi connectivity index (χ1v) is 5.35. The zero-order valence-corrected chi connectivity index (χ0v) is 10.1. The summed E-state index contributed by atoms with van der Waals surface area (Å²) in [4.78, 5) is 10.8. The van der Waals surface area contributed by atoms with Gasteiger partial charge in [-0.3, -0.25) is 4.79 Å². The number of nitriles is 1. The van der Waals surface area contributed by atoms with Gasteiger partial charge in [-0.15, -0.1) is 5.10 Å². The smallest absolute Gasteiger partial charge is 0.309 e. The van der Waals surface area contributed by atoms with Crippen molar-refractivity contribution in [2.24, 2.45) is 0 Å². The molecular formula is C12H10N4O3. The molecule has 96 valence electrons. The number of carboxylic acids is 1. The molecular weight excluding hydrogens is 248 g/mol. The van der Waals surface area contributed by atoms with E-state index in [9.17, 15) is 4.79 Å². The summed E-state index contributed by atoms with van der Waals surface area (Å²) in [6, 6.07) is 6.80. The van der Waals surface area contributed by atoms with E-state index < -0.39 is 5.97 Å². The summed E-state index contributed by atoms with van der Waals surface area (Å²) < 4.78 is 6.57. The molecule has 2 rings (SSSR count). The molecule has 1 heterocycles. The van der Waals surface area contributed by atoms with Crippen LogP contribution in [-0.2, 0) is 11.2 Å². The standard InChI is InChI=1S/C12H10N4O3/c1-19-11-4-8(6-13)2-3-10(11)16-9(5-12(17)18)7-14-15-16/h2-4,7H,5H2,1H3,(H,17,18). The first-order chi connectivity index (χ1) is 9.15. The molecule has 0 saturated carbocycles. The van der Waals surface area contributed by atoms with Crippen molar-refractivity contribution < 1.29 is 14.6 Å². The Labute approximate surface area is 108 Å². The van der Waals surface area contributed by atoms with Crippen LogP contribution in [0.2, 0.25) is 0 Å². The van der Waals surface area contributed by atoms with Crippen LogP contribution < -0.4 is 4.74 Å². The van der Waals surface area contributed by atoms with Crippen LogP contribution in [0.25, 0.3) is 5.69 Å². The summed E-state index contributed by atoms with van der Waals surface area (Å²) in [7, 11) is 1.47. The van der Waals surface area contributed by atoms with Gasteiger partial charge in [-0.05, 0) is 12.1 Å². The van der Waals surface area contributed by atoms with E-state index in [-0.39, 0.29) is 6.42 Å². The van der Waals surface area contributed by atoms with E-state index in [0.717, 1.165) is 0 Å². The van der Waals surface area contributed by atoms with Crippen LogP contribution in [0, 0.1) is 11.3 Å². The number of ether oxygens (including phenoxy) is 1. The Bertz CT molecular complexity index is 657. The summed E-state index contributed by atoms with van der Waals surface area (Å²) >= 11 is 0. The van der Waals surface area contributed by atoms with Gasteiger partial charge in [0.1, 0.15) is 11.4 Å². The predicted molar refractivity (Wildman–Crippen MR) is 64.0 cm³/mol. The van der Waals surface area contributed by atoms with Crippen molar-refractivity contribution >= 4 is 5.97 Å². The maximum absolute atomic E-state index is 10.8. The van der Waals surface area contributed by atoms with Crippen molar-refractivity contribution in [2.45, 2.75) is 6.42 Å². The molecule has 0 radical (unpaired) electrons. The van der Waals surface area contributed by atoms with Gasteiger partial charge in [0.05, 0.1) is 37.1 Å². The van der Waals surface area contributed by atoms with Crippen molar-refractivity contribution in [1.29, 1.82) is 5.26 Å². The highest BCUT2D eigenvalue weighted by atomic mass is 16.5. The normalized spacial score (nSPS) is 9.89. The number of aliphatic carboxylic acids is 1. The number of hydrogen-bond donors (Lipinski definition) is 1. The van der Waals surface area contributed by atoms with Crippen molar-refractivity contribution in [3.8, 4) is 17.5 Å². The molecule has 0 unspecified atom stereocenters. The minimum absolute atomic E-state index is 0.198. The monoisotopic (exact) mass is 258 g/mol. The zero-order chi connectivity index (χ0) is 13.8. The third-order valence-electron chi connectivity index (χ3n) is 2.49. The minimum atomic E-state index is -0.976. The third kappa shape index (κ3) is 2.52. The van der Waals surface area contributed by atoms with Gasteiger partial charge < -0.3 is 9.84 Å². The molecule has 0 aliphatic heterocycles. The van der Waals surface area contributed by atoms with E-state index in [0.29, 0.717) is 22.7 Å². The summed E-state index contributed by atoms with van der Waals surface area (Å²) in [5.41, 5.74) is 1.41. The average molecular weight is 258 g/mol. The first kappa shape index (κ1) is 12.6. The Kier molecular flexibility index (Phi) is 3.43. The Morgan fingerprint density at radius 1 is 1.58 bits per heavy atom. The molecule has 0 fully saturated rings. The lowest BCUT2D eigenvalue weighted by Gasteiger charge is -2.10. The Morgan fingerprint density at radius 2 is 2.37 bits per heavy atom. The molecule has 2 aromatic rings. The zero-order valence-electron chi connectivity index (χ0n) is 10.1. The number of carbonyl (C=O) groups is 1. The molecule has 1 N–H and O–H groups in total. The number of nitrogens with zero attached hydrogens (tertiary/aromatic N) is 4. The largest absolute Gasteiger partial charge is 0.494 e. The van der Waals surface area contributed by atoms with E-state index in [1.165, 1.54) is 18.0 Å². The predicted octanol–water partition coefficient (Wildman–Crippen LogP) is 0.775. The molecule has 0 atom stereocenters. The van der Waals surface area contributed by atoms with Crippen LogP contribution in [0.4, 0.5) is 0 Å². The topological polar surface area (TPSA) is 101 Å². The molecule has 7 heteroatoms. The molecule has 0 spiro atoms. The highest BCUT2D eigenvalue weighted by Crippen LogP contribution is 2.24. The van der Waals surface area contributed by atoms with Crippen molar-refractivity contribution in [3.05, 3.63) is 35.7 Å². The van der Waals surface area contributed by atoms with E-state index >= 15 is 0 Å². The second-order valence-electron chi connectivity index (χ2n) is 3.71. The van der Waals surface area contributed by atoms with Crippen LogP contribution in [0.1, 0.15) is 11.3 Å². The lowest BCUT2D eigenvalue weighted by atomic mass is 10.2. The number of rotatable bonds is 4. The molecule has 19 heavy (non-hydrogen) atoms. The summed E-state index contributed by atoms with van der Waals surface area (Å²) in [6.45, 7) is 0. The SMILES string of the molecule is COc1cc(C#N)ccc1-n1nncc1CC(=O)O. The fourth-order valence-electron chi connectivity index (χ4n) is 1.66. The maximum atomic E-state index is 10.8. The number of hydrogen-bond acceptors (Lipinski definition) is 5. The van der Waals surface area contributed by atoms with E-state index in [1.807, 2.05) is 6.07 Å². The van der Waals surface area contributed by atoms with E-state index in [2.05, 4.69) is 10.3 Å². The second kappa shape index (κ2) is 5.18. The van der Waals surface area contributed by atoms with Gasteiger partial charge in [0.2, 0.25) is 0 Å². The van der Waals surface area contributed by atoms with Gasteiger partial charge in [0, 0.05) is 6.07 Å². The van der Waals surface area contributed by atoms with Gasteiger partial charge in [0.25, 0.3) is 0 Å². The summed E-state index contributed by atoms with van der Waals surface area (Å²) in [6.07, 6.45) is 1.18. The molecule has 1 aromatic carbocycles. The van der Waals surface area contributed by atoms with Gasteiger partial charge in [-0.1, -0.05) is 5.21 Å². The van der Waals surface area contributed by atoms with Gasteiger partial charge >= 0.3 is 5.97 Å². The Hall–Kier alpha value is -2.88. The molecule has 7 nitrogen and oxygen atoms in total. The number of benzene rings is 1. The molecule has 0 aliphatic rings. The lowest BCUT2D eigenvalue weighted by molar-refractivity contribution is -0.136. The first-order valence-electron chi connectivity index (χ1n) is 5.35. The third-order valence-corrected chi connectivity index (χ3v) is 2.49. The molecule has 0 saturated heterocycles. The number of aromatic nitrogens is 3. The fourth-order valence-corrected chi connectivity index (χ4v) is 1.66. The van der Waals surface area contributed by atoms with Crippen LogP contribution in [0.3, 0.4) is 0 Å². The highest BCUT2D eigenvalue weighted by molar-refractivity contribution is 5.69. The van der Waals surface area contributed by atoms with Crippen LogP contribution in [0.15, 0.2) is 24.4 Å². The Morgan fingerprint density at radius 3 is 3.00 bits per heavy atom. The highest BCUT2D eigenvalue weighted by Gasteiger charge is 2.14. The summed E-state index contributed by atoms with van der Waals surface area (Å²) in [5.74, 6) is -0.549. The molecule has 0 aliphatic carbocycles. The Balaban J connectivity index is 2.50. The van der Waals surface area contributed by atoms with Crippen molar-refractivity contribution in [3.63, 3.8) is 0 Å².